The van der Waals surface area contributed by atoms with Crippen LogP contribution in [-0.2, 0) is 21.4 Å². The van der Waals surface area contributed by atoms with E-state index in [4.69, 9.17) is 4.74 Å². The smallest absolute Gasteiger partial charge is 0.316 e. The van der Waals surface area contributed by atoms with Gasteiger partial charge in [-0.1, -0.05) is 24.3 Å². The minimum atomic E-state index is -0.630. The highest BCUT2D eigenvalue weighted by Gasteiger charge is 2.34. The van der Waals surface area contributed by atoms with Gasteiger partial charge in [0, 0.05) is 0 Å². The molecule has 0 unspecified atom stereocenters. The molecule has 0 saturated heterocycles. The van der Waals surface area contributed by atoms with Gasteiger partial charge in [-0.3, -0.25) is 4.79 Å². The molecule has 1 rings (SSSR count). The van der Waals surface area contributed by atoms with Gasteiger partial charge in [-0.25, -0.2) is 0 Å². The molecule has 0 atom stereocenters. The number of hydrogen-bond acceptors (Lipinski definition) is 3. The highest BCUT2D eigenvalue weighted by atomic mass is 16.6. The summed E-state index contributed by atoms with van der Waals surface area (Å²) in [4.78, 5) is 12.3. The van der Waals surface area contributed by atoms with E-state index in [0.29, 0.717) is 0 Å². The van der Waals surface area contributed by atoms with Crippen molar-refractivity contribution in [2.45, 2.75) is 52.1 Å². The van der Waals surface area contributed by atoms with Crippen LogP contribution < -0.4 is 5.32 Å². The molecule has 0 amide bonds. The number of likely N-dealkylation sites (N-methyl/N-ethyl adjacent to an activating group) is 1. The van der Waals surface area contributed by atoms with Crippen LogP contribution in [0.2, 0.25) is 0 Å². The van der Waals surface area contributed by atoms with Gasteiger partial charge in [0.1, 0.15) is 5.60 Å². The van der Waals surface area contributed by atoms with Crippen molar-refractivity contribution in [1.82, 2.24) is 5.32 Å². The van der Waals surface area contributed by atoms with Gasteiger partial charge < -0.3 is 10.1 Å². The number of carbonyl (C=O) groups is 1. The van der Waals surface area contributed by atoms with Gasteiger partial charge in [0.25, 0.3) is 0 Å². The van der Waals surface area contributed by atoms with Crippen LogP contribution in [0, 0.1) is 0 Å². The van der Waals surface area contributed by atoms with Crippen LogP contribution in [0.15, 0.2) is 24.3 Å². The number of nitrogens with one attached hydrogen (secondary N) is 1. The van der Waals surface area contributed by atoms with E-state index in [2.05, 4.69) is 17.4 Å². The predicted molar refractivity (Wildman–Crippen MR) is 82.9 cm³/mol. The Morgan fingerprint density at radius 2 is 1.65 bits per heavy atom. The summed E-state index contributed by atoms with van der Waals surface area (Å²) in [6, 6.07) is 8.21. The molecule has 1 aromatic rings. The Morgan fingerprint density at radius 3 is 2.10 bits per heavy atom. The molecule has 0 aliphatic rings. The van der Waals surface area contributed by atoms with E-state index in [0.717, 1.165) is 18.5 Å². The van der Waals surface area contributed by atoms with Crippen LogP contribution in [0.4, 0.5) is 0 Å². The molecule has 0 spiro atoms. The van der Waals surface area contributed by atoms with Gasteiger partial charge >= 0.3 is 5.97 Å². The third-order valence-electron chi connectivity index (χ3n) is 3.25. The molecular formula is C17H27NO2. The van der Waals surface area contributed by atoms with Gasteiger partial charge in [0.15, 0.2) is 0 Å². The van der Waals surface area contributed by atoms with Crippen molar-refractivity contribution in [3.8, 4) is 0 Å². The van der Waals surface area contributed by atoms with Crippen molar-refractivity contribution in [3.05, 3.63) is 35.4 Å². The molecule has 0 heterocycles. The van der Waals surface area contributed by atoms with E-state index in [1.54, 1.807) is 0 Å². The highest BCUT2D eigenvalue weighted by Crippen LogP contribution is 2.27. The first kappa shape index (κ1) is 16.7. The normalized spacial score (nSPS) is 12.3. The Bertz CT molecular complexity index is 441. The van der Waals surface area contributed by atoms with Gasteiger partial charge in [0.05, 0.1) is 5.41 Å². The quantitative estimate of drug-likeness (QED) is 0.841. The Balaban J connectivity index is 2.84. The average Bonchev–Trinajstić information content (AvgIpc) is 2.34. The summed E-state index contributed by atoms with van der Waals surface area (Å²) in [7, 11) is 1.94. The lowest BCUT2D eigenvalue weighted by atomic mass is 9.84. The number of carbonyl (C=O) groups excluding carboxylic acids is 1. The molecule has 20 heavy (non-hydrogen) atoms. The van der Waals surface area contributed by atoms with Crippen molar-refractivity contribution >= 4 is 5.97 Å². The molecule has 3 nitrogen and oxygen atoms in total. The standard InChI is InChI=1S/C17H27NO2/c1-16(2,3)20-15(19)17(4,5)14-9-7-13(8-10-14)11-12-18-6/h7-10,18H,11-12H2,1-6H3. The van der Waals surface area contributed by atoms with Crippen molar-refractivity contribution in [2.24, 2.45) is 0 Å². The van der Waals surface area contributed by atoms with E-state index in [-0.39, 0.29) is 5.97 Å². The molecule has 112 valence electrons. The summed E-state index contributed by atoms with van der Waals surface area (Å²) in [6.07, 6.45) is 0.990. The average molecular weight is 277 g/mol. The number of esters is 1. The lowest BCUT2D eigenvalue weighted by Gasteiger charge is -2.29. The van der Waals surface area contributed by atoms with Crippen molar-refractivity contribution in [1.29, 1.82) is 0 Å². The van der Waals surface area contributed by atoms with Crippen LogP contribution in [-0.4, -0.2) is 25.2 Å². The Morgan fingerprint density at radius 1 is 1.10 bits per heavy atom. The summed E-state index contributed by atoms with van der Waals surface area (Å²) in [6.45, 7) is 10.4. The predicted octanol–water partition coefficient (Wildman–Crippen LogP) is 3.07. The lowest BCUT2D eigenvalue weighted by molar-refractivity contribution is -0.160. The number of rotatable bonds is 5. The summed E-state index contributed by atoms with van der Waals surface area (Å²) in [5.41, 5.74) is 1.17. The lowest BCUT2D eigenvalue weighted by Crippen LogP contribution is -2.36. The fourth-order valence-electron chi connectivity index (χ4n) is 1.88. The van der Waals surface area contributed by atoms with E-state index in [1.165, 1.54) is 5.56 Å². The Hall–Kier alpha value is -1.35. The van der Waals surface area contributed by atoms with Gasteiger partial charge in [0.2, 0.25) is 0 Å². The summed E-state index contributed by atoms with van der Waals surface area (Å²) < 4.78 is 5.50. The molecule has 0 aliphatic heterocycles. The summed E-state index contributed by atoms with van der Waals surface area (Å²) in [5, 5.41) is 3.13. The zero-order valence-corrected chi connectivity index (χ0v) is 13.5. The van der Waals surface area contributed by atoms with E-state index < -0.39 is 11.0 Å². The van der Waals surface area contributed by atoms with Crippen LogP contribution in [0.25, 0.3) is 0 Å². The van der Waals surface area contributed by atoms with E-state index in [9.17, 15) is 4.79 Å². The maximum absolute atomic E-state index is 12.3. The third kappa shape index (κ3) is 4.64. The molecule has 0 aliphatic carbocycles. The second kappa shape index (κ2) is 6.40. The Kier molecular flexibility index (Phi) is 5.35. The van der Waals surface area contributed by atoms with E-state index >= 15 is 0 Å². The molecule has 0 radical (unpaired) electrons. The third-order valence-corrected chi connectivity index (χ3v) is 3.25. The fourth-order valence-corrected chi connectivity index (χ4v) is 1.88. The second-order valence-electron chi connectivity index (χ2n) is 6.68. The first-order valence-electron chi connectivity index (χ1n) is 7.14. The topological polar surface area (TPSA) is 38.3 Å². The molecule has 0 aromatic heterocycles. The van der Waals surface area contributed by atoms with E-state index in [1.807, 2.05) is 53.8 Å². The zero-order chi connectivity index (χ0) is 15.4. The largest absolute Gasteiger partial charge is 0.459 e. The maximum Gasteiger partial charge on any atom is 0.316 e. The highest BCUT2D eigenvalue weighted by molar-refractivity contribution is 5.82. The number of benzene rings is 1. The molecule has 0 bridgehead atoms. The fraction of sp³-hybridized carbons (Fsp3) is 0.588. The molecule has 0 fully saturated rings. The number of hydrogen-bond donors (Lipinski definition) is 1. The molecule has 1 aromatic carbocycles. The number of ether oxygens (including phenoxy) is 1. The summed E-state index contributed by atoms with van der Waals surface area (Å²) >= 11 is 0. The van der Waals surface area contributed by atoms with Crippen molar-refractivity contribution in [3.63, 3.8) is 0 Å². The minimum absolute atomic E-state index is 0.187. The van der Waals surface area contributed by atoms with Gasteiger partial charge in [-0.2, -0.15) is 0 Å². The van der Waals surface area contributed by atoms with Crippen molar-refractivity contribution in [2.75, 3.05) is 13.6 Å². The first-order chi connectivity index (χ1) is 9.16. The first-order valence-corrected chi connectivity index (χ1v) is 7.14. The molecule has 0 saturated carbocycles. The molecule has 1 N–H and O–H groups in total. The Labute approximate surface area is 122 Å². The molecule has 3 heteroatoms. The maximum atomic E-state index is 12.3. The summed E-state index contributed by atoms with van der Waals surface area (Å²) in [5.74, 6) is -0.187. The SMILES string of the molecule is CNCCc1ccc(C(C)(C)C(=O)OC(C)(C)C)cc1. The molecular weight excluding hydrogens is 250 g/mol. The van der Waals surface area contributed by atoms with Crippen LogP contribution in [0.5, 0.6) is 0 Å². The second-order valence-corrected chi connectivity index (χ2v) is 6.68. The zero-order valence-electron chi connectivity index (χ0n) is 13.5. The van der Waals surface area contributed by atoms with Gasteiger partial charge in [-0.05, 0) is 65.8 Å². The van der Waals surface area contributed by atoms with Gasteiger partial charge in [-0.15, -0.1) is 0 Å². The van der Waals surface area contributed by atoms with Crippen molar-refractivity contribution < 1.29 is 9.53 Å². The van der Waals surface area contributed by atoms with Crippen LogP contribution in [0.1, 0.15) is 45.7 Å². The monoisotopic (exact) mass is 277 g/mol. The minimum Gasteiger partial charge on any atom is -0.459 e. The van der Waals surface area contributed by atoms with Crippen LogP contribution >= 0.6 is 0 Å². The van der Waals surface area contributed by atoms with Crippen LogP contribution in [0.3, 0.4) is 0 Å².